The van der Waals surface area contributed by atoms with Crippen LogP contribution in [0.1, 0.15) is 6.92 Å². The van der Waals surface area contributed by atoms with E-state index in [0.29, 0.717) is 11.7 Å². The molecule has 0 aliphatic heterocycles. The number of hydrogen-bond donors (Lipinski definition) is 1. The van der Waals surface area contributed by atoms with E-state index < -0.39 is 0 Å². The lowest BCUT2D eigenvalue weighted by atomic mass is 10.0. The van der Waals surface area contributed by atoms with Gasteiger partial charge in [-0.05, 0) is 30.7 Å². The lowest BCUT2D eigenvalue weighted by molar-refractivity contribution is -0.115. The topological polar surface area (TPSA) is 72.7 Å². The van der Waals surface area contributed by atoms with Crippen LogP contribution in [0.4, 0.5) is 5.69 Å². The molecule has 0 saturated heterocycles. The number of rotatable bonds is 8. The molecule has 0 bridgehead atoms. The molecule has 1 N–H and O–H groups in total. The number of aromatic nitrogens is 4. The summed E-state index contributed by atoms with van der Waals surface area (Å²) in [4.78, 5) is 17.1. The molecule has 2 aromatic heterocycles. The van der Waals surface area contributed by atoms with Gasteiger partial charge in [-0.15, -0.1) is 16.8 Å². The predicted octanol–water partition coefficient (Wildman–Crippen LogP) is 5.31. The maximum atomic E-state index is 13.0. The van der Waals surface area contributed by atoms with Crippen molar-refractivity contribution in [3.8, 4) is 22.5 Å². The van der Waals surface area contributed by atoms with Gasteiger partial charge in [0, 0.05) is 35.8 Å². The monoisotopic (exact) mass is 441 g/mol. The van der Waals surface area contributed by atoms with Crippen LogP contribution in [0.25, 0.3) is 22.5 Å². The van der Waals surface area contributed by atoms with Crippen molar-refractivity contribution in [1.82, 2.24) is 19.7 Å². The number of para-hydroxylation sites is 1. The molecule has 0 spiro atoms. The molecule has 4 aromatic rings. The summed E-state index contributed by atoms with van der Waals surface area (Å²) in [5.41, 5.74) is 3.72. The number of nitrogens with one attached hydrogen (secondary N) is 1. The predicted molar refractivity (Wildman–Crippen MR) is 129 cm³/mol. The zero-order valence-electron chi connectivity index (χ0n) is 17.7. The van der Waals surface area contributed by atoms with Gasteiger partial charge in [-0.1, -0.05) is 66.4 Å². The second-order valence-corrected chi connectivity index (χ2v) is 8.41. The van der Waals surface area contributed by atoms with Gasteiger partial charge in [0.05, 0.1) is 5.25 Å². The van der Waals surface area contributed by atoms with E-state index in [2.05, 4.69) is 27.1 Å². The quantitative estimate of drug-likeness (QED) is 0.296. The first-order valence-corrected chi connectivity index (χ1v) is 11.1. The fourth-order valence-electron chi connectivity index (χ4n) is 3.29. The molecule has 2 heterocycles. The highest BCUT2D eigenvalue weighted by molar-refractivity contribution is 8.00. The van der Waals surface area contributed by atoms with Crippen LogP contribution in [-0.4, -0.2) is 30.9 Å². The van der Waals surface area contributed by atoms with E-state index in [1.54, 1.807) is 18.5 Å². The van der Waals surface area contributed by atoms with E-state index in [4.69, 9.17) is 0 Å². The summed E-state index contributed by atoms with van der Waals surface area (Å²) in [6.45, 7) is 6.25. The molecule has 2 aromatic carbocycles. The second kappa shape index (κ2) is 10.1. The van der Waals surface area contributed by atoms with Crippen LogP contribution >= 0.6 is 11.8 Å². The summed E-state index contributed by atoms with van der Waals surface area (Å²) in [5.74, 6) is 0.619. The van der Waals surface area contributed by atoms with Crippen LogP contribution in [0.3, 0.4) is 0 Å². The van der Waals surface area contributed by atoms with Gasteiger partial charge < -0.3 is 5.32 Å². The smallest absolute Gasteiger partial charge is 0.237 e. The minimum atomic E-state index is -0.378. The van der Waals surface area contributed by atoms with Gasteiger partial charge in [-0.2, -0.15) is 0 Å². The van der Waals surface area contributed by atoms with Gasteiger partial charge in [-0.25, -0.2) is 0 Å². The van der Waals surface area contributed by atoms with Crippen molar-refractivity contribution in [3.05, 3.63) is 91.8 Å². The number of thioether (sulfide) groups is 1. The molecule has 0 unspecified atom stereocenters. The molecule has 0 fully saturated rings. The number of anilines is 1. The third-order valence-corrected chi connectivity index (χ3v) is 5.97. The third kappa shape index (κ3) is 4.78. The van der Waals surface area contributed by atoms with Crippen LogP contribution < -0.4 is 5.32 Å². The number of carbonyl (C=O) groups is 1. The highest BCUT2D eigenvalue weighted by Crippen LogP contribution is 2.30. The minimum absolute atomic E-state index is 0.100. The molecule has 4 rings (SSSR count). The fraction of sp³-hybridized carbons (Fsp3) is 0.120. The Labute approximate surface area is 191 Å². The van der Waals surface area contributed by atoms with Gasteiger partial charge >= 0.3 is 0 Å². The number of amides is 1. The van der Waals surface area contributed by atoms with Crippen LogP contribution in [-0.2, 0) is 11.3 Å². The maximum Gasteiger partial charge on any atom is 0.237 e. The van der Waals surface area contributed by atoms with Gasteiger partial charge in [0.25, 0.3) is 0 Å². The van der Waals surface area contributed by atoms with Crippen molar-refractivity contribution >= 4 is 23.4 Å². The molecule has 7 heteroatoms. The zero-order valence-corrected chi connectivity index (χ0v) is 18.5. The summed E-state index contributed by atoms with van der Waals surface area (Å²) < 4.78 is 1.95. The Morgan fingerprint density at radius 2 is 1.75 bits per heavy atom. The van der Waals surface area contributed by atoms with Crippen LogP contribution in [0.2, 0.25) is 0 Å². The first-order valence-electron chi connectivity index (χ1n) is 10.2. The van der Waals surface area contributed by atoms with Crippen molar-refractivity contribution in [2.75, 3.05) is 5.32 Å². The van der Waals surface area contributed by atoms with Crippen molar-refractivity contribution < 1.29 is 4.79 Å². The van der Waals surface area contributed by atoms with Crippen molar-refractivity contribution in [2.45, 2.75) is 23.9 Å². The molecule has 160 valence electrons. The Morgan fingerprint density at radius 1 is 1.03 bits per heavy atom. The number of allylic oxidation sites excluding steroid dienone is 1. The summed E-state index contributed by atoms with van der Waals surface area (Å²) >= 11 is 1.37. The average molecular weight is 442 g/mol. The minimum Gasteiger partial charge on any atom is -0.325 e. The highest BCUT2D eigenvalue weighted by Gasteiger charge is 2.21. The molecule has 0 aliphatic rings. The Kier molecular flexibility index (Phi) is 6.77. The normalized spacial score (nSPS) is 11.7. The summed E-state index contributed by atoms with van der Waals surface area (Å²) in [6, 6.07) is 21.6. The molecule has 32 heavy (non-hydrogen) atoms. The van der Waals surface area contributed by atoms with E-state index in [1.807, 2.05) is 78.2 Å². The molecule has 1 amide bonds. The number of benzene rings is 2. The number of carbonyl (C=O) groups excluding carboxylic acids is 1. The first kappa shape index (κ1) is 21.5. The molecule has 0 saturated carbocycles. The van der Waals surface area contributed by atoms with E-state index in [0.717, 1.165) is 28.2 Å². The van der Waals surface area contributed by atoms with Crippen LogP contribution in [0, 0.1) is 0 Å². The molecular formula is C25H23N5OS. The number of hydrogen-bond acceptors (Lipinski definition) is 5. The highest BCUT2D eigenvalue weighted by atomic mass is 32.2. The van der Waals surface area contributed by atoms with E-state index >= 15 is 0 Å². The Hall–Kier alpha value is -3.71. The zero-order chi connectivity index (χ0) is 22.3. The van der Waals surface area contributed by atoms with Crippen LogP contribution in [0.15, 0.2) is 96.9 Å². The molecule has 6 nitrogen and oxygen atoms in total. The van der Waals surface area contributed by atoms with Crippen molar-refractivity contribution in [1.29, 1.82) is 0 Å². The van der Waals surface area contributed by atoms with E-state index in [9.17, 15) is 4.79 Å². The van der Waals surface area contributed by atoms with Gasteiger partial charge in [0.2, 0.25) is 5.91 Å². The fourth-order valence-corrected chi connectivity index (χ4v) is 4.15. The summed E-state index contributed by atoms with van der Waals surface area (Å²) in [7, 11) is 0. The van der Waals surface area contributed by atoms with Gasteiger partial charge in [0.15, 0.2) is 11.0 Å². The van der Waals surface area contributed by atoms with Crippen molar-refractivity contribution in [2.24, 2.45) is 0 Å². The van der Waals surface area contributed by atoms with Crippen LogP contribution in [0.5, 0.6) is 0 Å². The SMILES string of the molecule is C=CCn1c(S[C@H](C)C(=O)Nc2ccccc2-c2ccccc2)nnc1-c1ccncc1. The number of nitrogens with zero attached hydrogens (tertiary/aromatic N) is 4. The standard InChI is InChI=1S/C25H23N5OS/c1-3-17-30-23(20-13-15-26-16-14-20)28-29-25(30)32-18(2)24(31)27-22-12-8-7-11-21(22)19-9-5-4-6-10-19/h3-16,18H,1,17H2,2H3,(H,27,31)/t18-/m1/s1. The Morgan fingerprint density at radius 3 is 2.50 bits per heavy atom. The second-order valence-electron chi connectivity index (χ2n) is 7.10. The third-order valence-electron chi connectivity index (χ3n) is 4.89. The van der Waals surface area contributed by atoms with Gasteiger partial charge in [-0.3, -0.25) is 14.3 Å². The first-order chi connectivity index (χ1) is 15.7. The molecule has 0 radical (unpaired) electrons. The summed E-state index contributed by atoms with van der Waals surface area (Å²) in [5, 5.41) is 12.0. The maximum absolute atomic E-state index is 13.0. The number of pyridine rings is 1. The average Bonchev–Trinajstić information content (AvgIpc) is 3.23. The van der Waals surface area contributed by atoms with E-state index in [1.165, 1.54) is 11.8 Å². The Bertz CT molecular complexity index is 1210. The van der Waals surface area contributed by atoms with Crippen molar-refractivity contribution in [3.63, 3.8) is 0 Å². The van der Waals surface area contributed by atoms with E-state index in [-0.39, 0.29) is 11.2 Å². The molecule has 1 atom stereocenters. The lowest BCUT2D eigenvalue weighted by Gasteiger charge is -2.15. The molecular weight excluding hydrogens is 418 g/mol. The Balaban J connectivity index is 1.53. The molecule has 0 aliphatic carbocycles. The van der Waals surface area contributed by atoms with Gasteiger partial charge in [0.1, 0.15) is 0 Å². The largest absolute Gasteiger partial charge is 0.325 e. The summed E-state index contributed by atoms with van der Waals surface area (Å²) in [6.07, 6.45) is 5.23. The lowest BCUT2D eigenvalue weighted by Crippen LogP contribution is -2.23.